The summed E-state index contributed by atoms with van der Waals surface area (Å²) in [5.41, 5.74) is 1.43. The molecule has 0 spiro atoms. The van der Waals surface area contributed by atoms with E-state index < -0.39 is 5.97 Å². The minimum Gasteiger partial charge on any atom is -0.477 e. The average molecular weight is 201 g/mol. The minimum absolute atomic E-state index is 0.0163. The van der Waals surface area contributed by atoms with Crippen molar-refractivity contribution in [3.63, 3.8) is 0 Å². The molecule has 0 atom stereocenters. The molecule has 2 aromatic heterocycles. The standard InChI is InChI=1S/C10H7N3O2/c14-10(15)8-2-1-7(5-13-8)9-6-11-3-4-12-9/h1-6H,(H,14,15). The maximum Gasteiger partial charge on any atom is 0.354 e. The van der Waals surface area contributed by atoms with Crippen molar-refractivity contribution in [2.24, 2.45) is 0 Å². The zero-order chi connectivity index (χ0) is 10.7. The van der Waals surface area contributed by atoms with Gasteiger partial charge in [-0.1, -0.05) is 0 Å². The summed E-state index contributed by atoms with van der Waals surface area (Å²) in [6.07, 6.45) is 6.20. The number of pyridine rings is 1. The van der Waals surface area contributed by atoms with Crippen molar-refractivity contribution >= 4 is 5.97 Å². The molecule has 2 heterocycles. The molecular formula is C10H7N3O2. The van der Waals surface area contributed by atoms with Gasteiger partial charge in [-0.05, 0) is 12.1 Å². The molecule has 2 aromatic rings. The van der Waals surface area contributed by atoms with Crippen LogP contribution in [0.25, 0.3) is 11.3 Å². The molecule has 0 radical (unpaired) electrons. The van der Waals surface area contributed by atoms with E-state index in [4.69, 9.17) is 5.11 Å². The molecule has 5 nitrogen and oxygen atoms in total. The summed E-state index contributed by atoms with van der Waals surface area (Å²) in [6, 6.07) is 3.09. The largest absolute Gasteiger partial charge is 0.477 e. The van der Waals surface area contributed by atoms with Crippen molar-refractivity contribution in [1.29, 1.82) is 0 Å². The Morgan fingerprint density at radius 1 is 1.13 bits per heavy atom. The molecule has 0 unspecified atom stereocenters. The van der Waals surface area contributed by atoms with Crippen LogP contribution >= 0.6 is 0 Å². The Kier molecular flexibility index (Phi) is 2.37. The van der Waals surface area contributed by atoms with Crippen LogP contribution in [0.1, 0.15) is 10.5 Å². The number of carboxylic acids is 1. The van der Waals surface area contributed by atoms with Gasteiger partial charge in [0.1, 0.15) is 5.69 Å². The molecule has 0 bridgehead atoms. The van der Waals surface area contributed by atoms with Gasteiger partial charge >= 0.3 is 5.97 Å². The molecule has 0 aromatic carbocycles. The quantitative estimate of drug-likeness (QED) is 0.790. The first-order valence-corrected chi connectivity index (χ1v) is 4.23. The van der Waals surface area contributed by atoms with Gasteiger partial charge in [-0.2, -0.15) is 0 Å². The highest BCUT2D eigenvalue weighted by molar-refractivity contribution is 5.85. The van der Waals surface area contributed by atoms with E-state index in [0.717, 1.165) is 5.56 Å². The first kappa shape index (κ1) is 9.26. The van der Waals surface area contributed by atoms with Crippen molar-refractivity contribution in [3.8, 4) is 11.3 Å². The smallest absolute Gasteiger partial charge is 0.354 e. The molecule has 0 fully saturated rings. The van der Waals surface area contributed by atoms with E-state index in [1.807, 2.05) is 0 Å². The lowest BCUT2D eigenvalue weighted by Gasteiger charge is -1.99. The van der Waals surface area contributed by atoms with Gasteiger partial charge in [-0.15, -0.1) is 0 Å². The summed E-state index contributed by atoms with van der Waals surface area (Å²) in [5, 5.41) is 8.66. The Labute approximate surface area is 85.5 Å². The van der Waals surface area contributed by atoms with Gasteiger partial charge in [-0.25, -0.2) is 9.78 Å². The number of rotatable bonds is 2. The lowest BCUT2D eigenvalue weighted by atomic mass is 10.2. The highest BCUT2D eigenvalue weighted by Crippen LogP contribution is 2.13. The van der Waals surface area contributed by atoms with Crippen molar-refractivity contribution < 1.29 is 9.90 Å². The molecule has 15 heavy (non-hydrogen) atoms. The third-order valence-electron chi connectivity index (χ3n) is 1.84. The van der Waals surface area contributed by atoms with E-state index in [1.165, 1.54) is 12.3 Å². The molecule has 0 aliphatic heterocycles. The van der Waals surface area contributed by atoms with E-state index >= 15 is 0 Å². The predicted molar refractivity (Wildman–Crippen MR) is 52.2 cm³/mol. The molecule has 0 aliphatic rings. The van der Waals surface area contributed by atoms with Gasteiger partial charge in [0.05, 0.1) is 11.9 Å². The number of hydrogen-bond donors (Lipinski definition) is 1. The summed E-state index contributed by atoms with van der Waals surface area (Å²) < 4.78 is 0. The second kappa shape index (κ2) is 3.83. The summed E-state index contributed by atoms with van der Waals surface area (Å²) in [5.74, 6) is -1.04. The normalized spacial score (nSPS) is 9.87. The molecule has 1 N–H and O–H groups in total. The number of carboxylic acid groups (broad SMARTS) is 1. The predicted octanol–water partition coefficient (Wildman–Crippen LogP) is 1.24. The molecular weight excluding hydrogens is 194 g/mol. The average Bonchev–Trinajstić information content (AvgIpc) is 2.30. The fourth-order valence-electron chi connectivity index (χ4n) is 1.12. The lowest BCUT2D eigenvalue weighted by molar-refractivity contribution is 0.0690. The highest BCUT2D eigenvalue weighted by atomic mass is 16.4. The fourth-order valence-corrected chi connectivity index (χ4v) is 1.12. The van der Waals surface area contributed by atoms with Crippen LogP contribution in [0.3, 0.4) is 0 Å². The monoisotopic (exact) mass is 201 g/mol. The van der Waals surface area contributed by atoms with Crippen LogP contribution in [0.4, 0.5) is 0 Å². The van der Waals surface area contributed by atoms with Crippen molar-refractivity contribution in [3.05, 3.63) is 42.6 Å². The molecule has 0 aliphatic carbocycles. The van der Waals surface area contributed by atoms with Crippen LogP contribution in [-0.4, -0.2) is 26.0 Å². The summed E-state index contributed by atoms with van der Waals surface area (Å²) in [7, 11) is 0. The Bertz CT molecular complexity index is 468. The second-order valence-electron chi connectivity index (χ2n) is 2.83. The second-order valence-corrected chi connectivity index (χ2v) is 2.83. The van der Waals surface area contributed by atoms with Crippen molar-refractivity contribution in [2.45, 2.75) is 0 Å². The Hall–Kier alpha value is -2.30. The van der Waals surface area contributed by atoms with Gasteiger partial charge in [0, 0.05) is 24.2 Å². The zero-order valence-electron chi connectivity index (χ0n) is 7.66. The van der Waals surface area contributed by atoms with E-state index in [0.29, 0.717) is 5.69 Å². The Balaban J connectivity index is 2.36. The fraction of sp³-hybridized carbons (Fsp3) is 0. The molecule has 5 heteroatoms. The maximum absolute atomic E-state index is 10.6. The van der Waals surface area contributed by atoms with Gasteiger partial charge in [0.2, 0.25) is 0 Å². The Morgan fingerprint density at radius 3 is 2.53 bits per heavy atom. The maximum atomic E-state index is 10.6. The third kappa shape index (κ3) is 1.96. The van der Waals surface area contributed by atoms with Crippen LogP contribution in [0, 0.1) is 0 Å². The van der Waals surface area contributed by atoms with Gasteiger partial charge < -0.3 is 5.11 Å². The van der Waals surface area contributed by atoms with Crippen LogP contribution in [0.2, 0.25) is 0 Å². The third-order valence-corrected chi connectivity index (χ3v) is 1.84. The summed E-state index contributed by atoms with van der Waals surface area (Å²) in [6.45, 7) is 0. The number of aromatic nitrogens is 3. The molecule has 0 amide bonds. The Morgan fingerprint density at radius 2 is 2.00 bits per heavy atom. The van der Waals surface area contributed by atoms with E-state index in [2.05, 4.69) is 15.0 Å². The van der Waals surface area contributed by atoms with E-state index in [9.17, 15) is 4.79 Å². The van der Waals surface area contributed by atoms with Crippen LogP contribution in [0.15, 0.2) is 36.9 Å². The van der Waals surface area contributed by atoms with Crippen molar-refractivity contribution in [2.75, 3.05) is 0 Å². The SMILES string of the molecule is O=C(O)c1ccc(-c2cnccn2)cn1. The first-order valence-electron chi connectivity index (χ1n) is 4.23. The lowest BCUT2D eigenvalue weighted by Crippen LogP contribution is -1.99. The van der Waals surface area contributed by atoms with Gasteiger partial charge in [0.15, 0.2) is 0 Å². The summed E-state index contributed by atoms with van der Waals surface area (Å²) in [4.78, 5) is 22.3. The molecule has 2 rings (SSSR count). The topological polar surface area (TPSA) is 76.0 Å². The van der Waals surface area contributed by atoms with Gasteiger partial charge in [0.25, 0.3) is 0 Å². The summed E-state index contributed by atoms with van der Waals surface area (Å²) >= 11 is 0. The van der Waals surface area contributed by atoms with E-state index in [1.54, 1.807) is 24.7 Å². The number of aromatic carboxylic acids is 1. The molecule has 0 saturated carbocycles. The number of hydrogen-bond acceptors (Lipinski definition) is 4. The van der Waals surface area contributed by atoms with Gasteiger partial charge in [-0.3, -0.25) is 9.97 Å². The number of nitrogens with zero attached hydrogens (tertiary/aromatic N) is 3. The number of carbonyl (C=O) groups is 1. The van der Waals surface area contributed by atoms with E-state index in [-0.39, 0.29) is 5.69 Å². The van der Waals surface area contributed by atoms with Crippen LogP contribution in [-0.2, 0) is 0 Å². The minimum atomic E-state index is -1.04. The van der Waals surface area contributed by atoms with Crippen LogP contribution < -0.4 is 0 Å². The first-order chi connectivity index (χ1) is 7.27. The zero-order valence-corrected chi connectivity index (χ0v) is 7.66. The van der Waals surface area contributed by atoms with Crippen LogP contribution in [0.5, 0.6) is 0 Å². The molecule has 0 saturated heterocycles. The molecule has 74 valence electrons. The van der Waals surface area contributed by atoms with Crippen molar-refractivity contribution in [1.82, 2.24) is 15.0 Å². The highest BCUT2D eigenvalue weighted by Gasteiger charge is 2.04.